The Morgan fingerprint density at radius 1 is 1.00 bits per heavy atom. The van der Waals surface area contributed by atoms with Gasteiger partial charge in [0.25, 0.3) is 11.4 Å². The van der Waals surface area contributed by atoms with E-state index < -0.39 is 32.0 Å². The minimum atomic E-state index is -0.834. The molecule has 0 N–H and O–H groups in total. The number of non-ortho nitro benzene ring substituents is 1. The fraction of sp³-hybridized carbons (Fsp3) is 0.100. The largest absolute Gasteiger partial charge is 0.398 e. The molecule has 0 radical (unpaired) electrons. The molecule has 11 heteroatoms. The van der Waals surface area contributed by atoms with Crippen LogP contribution in [0.4, 0.5) is 17.2 Å². The SMILES string of the molecule is Cn1cc(-c2ccc([N+](=O)[O-])cc2[N+](=O)[O-])c([N+](=O)[O-])n1. The lowest BCUT2D eigenvalue weighted by molar-refractivity contribution is -0.394. The van der Waals surface area contributed by atoms with Gasteiger partial charge in [-0.3, -0.25) is 20.2 Å². The summed E-state index contributed by atoms with van der Waals surface area (Å²) in [5.74, 6) is -0.561. The molecule has 0 fully saturated rings. The summed E-state index contributed by atoms with van der Waals surface area (Å²) >= 11 is 0. The van der Waals surface area contributed by atoms with E-state index in [9.17, 15) is 30.3 Å². The maximum Gasteiger partial charge on any atom is 0.398 e. The first-order valence-electron chi connectivity index (χ1n) is 5.42. The summed E-state index contributed by atoms with van der Waals surface area (Å²) in [5.41, 5.74) is -1.26. The summed E-state index contributed by atoms with van der Waals surface area (Å²) < 4.78 is 1.14. The van der Waals surface area contributed by atoms with Crippen LogP contribution in [0.3, 0.4) is 0 Å². The summed E-state index contributed by atoms with van der Waals surface area (Å²) in [7, 11) is 1.42. The van der Waals surface area contributed by atoms with Gasteiger partial charge < -0.3 is 10.1 Å². The predicted molar refractivity (Wildman–Crippen MR) is 68.6 cm³/mol. The molecule has 0 amide bonds. The zero-order valence-corrected chi connectivity index (χ0v) is 10.5. The van der Waals surface area contributed by atoms with Gasteiger partial charge in [-0.05, 0) is 11.0 Å². The van der Waals surface area contributed by atoms with Crippen LogP contribution in [0.2, 0.25) is 0 Å². The lowest BCUT2D eigenvalue weighted by Gasteiger charge is -2.00. The van der Waals surface area contributed by atoms with Crippen LogP contribution in [0.1, 0.15) is 0 Å². The predicted octanol–water partition coefficient (Wildman–Crippen LogP) is 1.81. The number of aryl methyl sites for hydroxylation is 1. The Morgan fingerprint density at radius 3 is 2.19 bits per heavy atom. The normalized spacial score (nSPS) is 10.3. The van der Waals surface area contributed by atoms with Gasteiger partial charge in [-0.2, -0.15) is 4.68 Å². The second-order valence-electron chi connectivity index (χ2n) is 4.01. The fourth-order valence-corrected chi connectivity index (χ4v) is 1.81. The van der Waals surface area contributed by atoms with E-state index in [1.807, 2.05) is 0 Å². The van der Waals surface area contributed by atoms with Crippen molar-refractivity contribution in [3.8, 4) is 11.1 Å². The van der Waals surface area contributed by atoms with Crippen LogP contribution in [0, 0.1) is 30.3 Å². The number of hydrogen-bond acceptors (Lipinski definition) is 7. The number of aromatic nitrogens is 2. The summed E-state index contributed by atoms with van der Waals surface area (Å²) in [6.07, 6.45) is 1.24. The Kier molecular flexibility index (Phi) is 3.32. The molecule has 2 rings (SSSR count). The van der Waals surface area contributed by atoms with E-state index in [0.29, 0.717) is 0 Å². The van der Waals surface area contributed by atoms with Crippen LogP contribution >= 0.6 is 0 Å². The highest BCUT2D eigenvalue weighted by molar-refractivity contribution is 5.79. The van der Waals surface area contributed by atoms with Gasteiger partial charge >= 0.3 is 5.82 Å². The molecule has 0 spiro atoms. The molecule has 1 aromatic carbocycles. The summed E-state index contributed by atoms with van der Waals surface area (Å²) in [4.78, 5) is 30.2. The molecule has 0 saturated heterocycles. The van der Waals surface area contributed by atoms with E-state index in [1.54, 1.807) is 0 Å². The van der Waals surface area contributed by atoms with E-state index in [1.165, 1.54) is 13.2 Å². The maximum atomic E-state index is 11.0. The number of benzene rings is 1. The molecule has 1 heterocycles. The van der Waals surface area contributed by atoms with Crippen molar-refractivity contribution in [2.24, 2.45) is 7.05 Å². The van der Waals surface area contributed by atoms with Crippen molar-refractivity contribution in [3.63, 3.8) is 0 Å². The van der Waals surface area contributed by atoms with E-state index in [4.69, 9.17) is 0 Å². The first-order valence-corrected chi connectivity index (χ1v) is 5.42. The summed E-state index contributed by atoms with van der Waals surface area (Å²) in [5, 5.41) is 36.2. The van der Waals surface area contributed by atoms with Gasteiger partial charge in [-0.15, -0.1) is 0 Å². The van der Waals surface area contributed by atoms with Crippen LogP contribution in [0.25, 0.3) is 11.1 Å². The second kappa shape index (κ2) is 4.96. The second-order valence-corrected chi connectivity index (χ2v) is 4.01. The molecule has 2 aromatic rings. The van der Waals surface area contributed by atoms with Crippen molar-refractivity contribution < 1.29 is 14.8 Å². The van der Waals surface area contributed by atoms with Gasteiger partial charge in [0.2, 0.25) is 0 Å². The number of nitro groups is 3. The topological polar surface area (TPSA) is 147 Å². The molecule has 1 aromatic heterocycles. The van der Waals surface area contributed by atoms with Crippen molar-refractivity contribution in [1.82, 2.24) is 9.78 Å². The fourth-order valence-electron chi connectivity index (χ4n) is 1.81. The Hall–Kier alpha value is -3.37. The average molecular weight is 293 g/mol. The lowest BCUT2D eigenvalue weighted by Crippen LogP contribution is -1.97. The molecule has 0 aliphatic rings. The monoisotopic (exact) mass is 293 g/mol. The maximum absolute atomic E-state index is 11.0. The highest BCUT2D eigenvalue weighted by Crippen LogP contribution is 2.37. The van der Waals surface area contributed by atoms with Crippen molar-refractivity contribution >= 4 is 17.2 Å². The number of nitrogens with zero attached hydrogens (tertiary/aromatic N) is 5. The number of nitro benzene ring substituents is 2. The van der Waals surface area contributed by atoms with Gasteiger partial charge in [0.15, 0.2) is 0 Å². The molecule has 21 heavy (non-hydrogen) atoms. The summed E-state index contributed by atoms with van der Waals surface area (Å²) in [6.45, 7) is 0. The Morgan fingerprint density at radius 2 is 1.67 bits per heavy atom. The molecule has 0 saturated carbocycles. The standard InChI is InChI=1S/C10H7N5O6/c1-12-5-8(10(11-12)15(20)21)7-3-2-6(13(16)17)4-9(7)14(18)19/h2-5H,1H3. The third kappa shape index (κ3) is 2.51. The lowest BCUT2D eigenvalue weighted by atomic mass is 10.1. The zero-order valence-electron chi connectivity index (χ0n) is 10.5. The molecular weight excluding hydrogens is 286 g/mol. The average Bonchev–Trinajstić information content (AvgIpc) is 2.80. The minimum Gasteiger partial charge on any atom is -0.358 e. The van der Waals surface area contributed by atoms with Crippen LogP contribution in [0.15, 0.2) is 24.4 Å². The van der Waals surface area contributed by atoms with Crippen LogP contribution < -0.4 is 0 Å². The van der Waals surface area contributed by atoms with Crippen molar-refractivity contribution in [1.29, 1.82) is 0 Å². The first-order chi connectivity index (χ1) is 9.81. The van der Waals surface area contributed by atoms with E-state index in [2.05, 4.69) is 5.10 Å². The van der Waals surface area contributed by atoms with Gasteiger partial charge in [0, 0.05) is 6.07 Å². The minimum absolute atomic E-state index is 0.0795. The van der Waals surface area contributed by atoms with Gasteiger partial charge in [0.05, 0.1) is 39.8 Å². The molecule has 0 aliphatic heterocycles. The van der Waals surface area contributed by atoms with Gasteiger partial charge in [-0.1, -0.05) is 0 Å². The number of rotatable bonds is 4. The molecule has 0 bridgehead atoms. The van der Waals surface area contributed by atoms with Gasteiger partial charge in [0.1, 0.15) is 5.56 Å². The van der Waals surface area contributed by atoms with Crippen molar-refractivity contribution in [2.45, 2.75) is 0 Å². The highest BCUT2D eigenvalue weighted by atomic mass is 16.6. The number of hydrogen-bond donors (Lipinski definition) is 0. The third-order valence-electron chi connectivity index (χ3n) is 2.66. The Balaban J connectivity index is 2.72. The molecule has 108 valence electrons. The third-order valence-corrected chi connectivity index (χ3v) is 2.66. The highest BCUT2D eigenvalue weighted by Gasteiger charge is 2.28. The van der Waals surface area contributed by atoms with E-state index in [-0.39, 0.29) is 11.1 Å². The molecule has 0 aliphatic carbocycles. The van der Waals surface area contributed by atoms with Crippen molar-refractivity contribution in [2.75, 3.05) is 0 Å². The molecule has 11 nitrogen and oxygen atoms in total. The smallest absolute Gasteiger partial charge is 0.358 e. The van der Waals surface area contributed by atoms with Gasteiger partial charge in [-0.25, -0.2) is 0 Å². The van der Waals surface area contributed by atoms with E-state index >= 15 is 0 Å². The quantitative estimate of drug-likeness (QED) is 0.616. The zero-order chi connectivity index (χ0) is 15.7. The molecule has 0 unspecified atom stereocenters. The first kappa shape index (κ1) is 14.0. The Bertz CT molecular complexity index is 767. The molecule has 0 atom stereocenters. The van der Waals surface area contributed by atoms with E-state index in [0.717, 1.165) is 22.9 Å². The molecular formula is C10H7N5O6. The Labute approximate surface area is 115 Å². The van der Waals surface area contributed by atoms with Crippen LogP contribution in [0.5, 0.6) is 0 Å². The van der Waals surface area contributed by atoms with Crippen LogP contribution in [-0.4, -0.2) is 24.6 Å². The van der Waals surface area contributed by atoms with Crippen molar-refractivity contribution in [3.05, 3.63) is 54.7 Å². The summed E-state index contributed by atoms with van der Waals surface area (Å²) in [6, 6.07) is 2.89. The van der Waals surface area contributed by atoms with Crippen LogP contribution in [-0.2, 0) is 7.05 Å².